The Morgan fingerprint density at radius 3 is 2.07 bits per heavy atom. The highest BCUT2D eigenvalue weighted by Gasteiger charge is 2.20. The van der Waals surface area contributed by atoms with Gasteiger partial charge in [-0.2, -0.15) is 4.37 Å². The van der Waals surface area contributed by atoms with E-state index in [2.05, 4.69) is 26.3 Å². The molecular weight excluding hydrogens is 411 g/mol. The van der Waals surface area contributed by atoms with Crippen LogP contribution < -0.4 is 4.90 Å². The minimum atomic E-state index is 0.745. The number of benzene rings is 2. The quantitative estimate of drug-likeness (QED) is 0.559. The molecule has 1 fully saturated rings. The van der Waals surface area contributed by atoms with Crippen LogP contribution in [0, 0.1) is 0 Å². The second-order valence-electron chi connectivity index (χ2n) is 7.00. The lowest BCUT2D eigenvalue weighted by Crippen LogP contribution is -2.47. The van der Waals surface area contributed by atoms with Crippen molar-refractivity contribution in [3.63, 3.8) is 0 Å². The fraction of sp³-hybridized carbons (Fsp3) is 0.333. The van der Waals surface area contributed by atoms with Crippen LogP contribution in [0.3, 0.4) is 0 Å². The molecule has 28 heavy (non-hydrogen) atoms. The van der Waals surface area contributed by atoms with Crippen LogP contribution in [0.1, 0.15) is 17.0 Å². The largest absolute Gasteiger partial charge is 0.344 e. The van der Waals surface area contributed by atoms with Crippen molar-refractivity contribution < 1.29 is 0 Å². The standard InChI is InChI=1S/C21H22Cl2N4S/c22-18-5-1-16(2-6-18)9-10-26-11-13-27(14-12-26)21-24-20(25-28-21)15-17-3-7-19(23)8-4-17/h1-8H,9-15H2. The molecule has 0 spiro atoms. The van der Waals surface area contributed by atoms with Crippen LogP contribution >= 0.6 is 34.7 Å². The van der Waals surface area contributed by atoms with E-state index in [0.29, 0.717) is 0 Å². The van der Waals surface area contributed by atoms with Gasteiger partial charge in [-0.15, -0.1) is 0 Å². The topological polar surface area (TPSA) is 32.3 Å². The van der Waals surface area contributed by atoms with Crippen LogP contribution in [0.4, 0.5) is 5.13 Å². The van der Waals surface area contributed by atoms with E-state index in [-0.39, 0.29) is 0 Å². The number of hydrogen-bond donors (Lipinski definition) is 0. The maximum atomic E-state index is 5.96. The fourth-order valence-corrected chi connectivity index (χ4v) is 4.32. The van der Waals surface area contributed by atoms with Crippen molar-refractivity contribution in [3.05, 3.63) is 75.5 Å². The van der Waals surface area contributed by atoms with Crippen LogP contribution in [0.15, 0.2) is 48.5 Å². The Morgan fingerprint density at radius 1 is 0.821 bits per heavy atom. The van der Waals surface area contributed by atoms with Gasteiger partial charge in [-0.1, -0.05) is 47.5 Å². The molecule has 0 saturated carbocycles. The van der Waals surface area contributed by atoms with Gasteiger partial charge in [0.1, 0.15) is 5.82 Å². The number of aromatic nitrogens is 2. The lowest BCUT2D eigenvalue weighted by atomic mass is 10.1. The summed E-state index contributed by atoms with van der Waals surface area (Å²) < 4.78 is 4.54. The highest BCUT2D eigenvalue weighted by molar-refractivity contribution is 7.09. The lowest BCUT2D eigenvalue weighted by molar-refractivity contribution is 0.261. The molecule has 1 aromatic heterocycles. The van der Waals surface area contributed by atoms with E-state index in [9.17, 15) is 0 Å². The van der Waals surface area contributed by atoms with Crippen molar-refractivity contribution in [2.75, 3.05) is 37.6 Å². The molecule has 146 valence electrons. The summed E-state index contributed by atoms with van der Waals surface area (Å²) in [6, 6.07) is 16.0. The first-order chi connectivity index (χ1) is 13.7. The van der Waals surface area contributed by atoms with Gasteiger partial charge in [0, 0.05) is 60.7 Å². The molecule has 0 aliphatic carbocycles. The molecular formula is C21H22Cl2N4S. The fourth-order valence-electron chi connectivity index (χ4n) is 3.33. The number of halogens is 2. The number of anilines is 1. The molecule has 2 aromatic carbocycles. The summed E-state index contributed by atoms with van der Waals surface area (Å²) in [5, 5.41) is 2.58. The molecule has 2 heterocycles. The summed E-state index contributed by atoms with van der Waals surface area (Å²) in [5.74, 6) is 0.882. The van der Waals surface area contributed by atoms with Gasteiger partial charge in [0.15, 0.2) is 0 Å². The molecule has 0 bridgehead atoms. The molecule has 0 unspecified atom stereocenters. The molecule has 0 N–H and O–H groups in total. The molecule has 3 aromatic rings. The highest BCUT2D eigenvalue weighted by Crippen LogP contribution is 2.21. The molecule has 0 amide bonds. The Bertz CT molecular complexity index is 888. The van der Waals surface area contributed by atoms with Crippen LogP contribution in [0.25, 0.3) is 0 Å². The van der Waals surface area contributed by atoms with E-state index >= 15 is 0 Å². The van der Waals surface area contributed by atoms with Gasteiger partial charge in [0.05, 0.1) is 0 Å². The SMILES string of the molecule is Clc1ccc(CCN2CCN(c3nc(Cc4ccc(Cl)cc4)ns3)CC2)cc1. The summed E-state index contributed by atoms with van der Waals surface area (Å²) in [6.07, 6.45) is 1.80. The number of hydrogen-bond acceptors (Lipinski definition) is 5. The maximum Gasteiger partial charge on any atom is 0.205 e. The summed E-state index contributed by atoms with van der Waals surface area (Å²) in [4.78, 5) is 9.61. The third-order valence-corrected chi connectivity index (χ3v) is 6.32. The van der Waals surface area contributed by atoms with Gasteiger partial charge in [-0.05, 0) is 41.8 Å². The first-order valence-corrected chi connectivity index (χ1v) is 11.0. The number of piperazine rings is 1. The molecule has 4 nitrogen and oxygen atoms in total. The molecule has 7 heteroatoms. The van der Waals surface area contributed by atoms with Gasteiger partial charge in [0.25, 0.3) is 0 Å². The van der Waals surface area contributed by atoms with E-state index in [4.69, 9.17) is 28.2 Å². The van der Waals surface area contributed by atoms with Crippen molar-refractivity contribution in [1.29, 1.82) is 0 Å². The number of nitrogens with zero attached hydrogens (tertiary/aromatic N) is 4. The average Bonchev–Trinajstić information content (AvgIpc) is 3.18. The normalized spacial score (nSPS) is 15.1. The Labute approximate surface area is 179 Å². The molecule has 1 saturated heterocycles. The van der Waals surface area contributed by atoms with Crippen molar-refractivity contribution in [2.45, 2.75) is 12.8 Å². The zero-order chi connectivity index (χ0) is 19.3. The third-order valence-electron chi connectivity index (χ3n) is 5.01. The second-order valence-corrected chi connectivity index (χ2v) is 8.60. The highest BCUT2D eigenvalue weighted by atomic mass is 35.5. The monoisotopic (exact) mass is 432 g/mol. The Morgan fingerprint density at radius 2 is 1.43 bits per heavy atom. The minimum absolute atomic E-state index is 0.745. The zero-order valence-electron chi connectivity index (χ0n) is 15.5. The molecule has 1 aliphatic heterocycles. The van der Waals surface area contributed by atoms with Crippen LogP contribution in [-0.2, 0) is 12.8 Å². The van der Waals surface area contributed by atoms with Crippen LogP contribution in [-0.4, -0.2) is 47.0 Å². The predicted molar refractivity (Wildman–Crippen MR) is 118 cm³/mol. The summed E-state index contributed by atoms with van der Waals surface area (Å²) in [6.45, 7) is 5.18. The van der Waals surface area contributed by atoms with Crippen molar-refractivity contribution >= 4 is 39.9 Å². The smallest absolute Gasteiger partial charge is 0.205 e. The van der Waals surface area contributed by atoms with Gasteiger partial charge in [0.2, 0.25) is 5.13 Å². The van der Waals surface area contributed by atoms with E-state index < -0.39 is 0 Å². The zero-order valence-corrected chi connectivity index (χ0v) is 17.8. The van der Waals surface area contributed by atoms with Gasteiger partial charge in [-0.3, -0.25) is 4.90 Å². The van der Waals surface area contributed by atoms with E-state index in [1.807, 2.05) is 36.4 Å². The van der Waals surface area contributed by atoms with Gasteiger partial charge >= 0.3 is 0 Å². The number of rotatable bonds is 6. The first-order valence-electron chi connectivity index (χ1n) is 9.44. The molecule has 4 rings (SSSR count). The van der Waals surface area contributed by atoms with Crippen molar-refractivity contribution in [1.82, 2.24) is 14.3 Å². The summed E-state index contributed by atoms with van der Waals surface area (Å²) in [7, 11) is 0. The van der Waals surface area contributed by atoms with Gasteiger partial charge < -0.3 is 4.90 Å². The van der Waals surface area contributed by atoms with Crippen molar-refractivity contribution in [3.8, 4) is 0 Å². The van der Waals surface area contributed by atoms with Crippen LogP contribution in [0.2, 0.25) is 10.0 Å². The Hall–Kier alpha value is -1.66. The molecule has 0 radical (unpaired) electrons. The Balaban J connectivity index is 1.26. The maximum absolute atomic E-state index is 5.96. The molecule has 1 aliphatic rings. The van der Waals surface area contributed by atoms with Crippen molar-refractivity contribution in [2.24, 2.45) is 0 Å². The van der Waals surface area contributed by atoms with Gasteiger partial charge in [-0.25, -0.2) is 4.98 Å². The Kier molecular flexibility index (Phi) is 6.47. The minimum Gasteiger partial charge on any atom is -0.344 e. The first kappa shape index (κ1) is 19.6. The van der Waals surface area contributed by atoms with E-state index in [1.165, 1.54) is 22.7 Å². The summed E-state index contributed by atoms with van der Waals surface area (Å²) >= 11 is 13.4. The summed E-state index contributed by atoms with van der Waals surface area (Å²) in [5.41, 5.74) is 2.52. The van der Waals surface area contributed by atoms with E-state index in [1.54, 1.807) is 0 Å². The predicted octanol–water partition coefficient (Wildman–Crippen LogP) is 4.80. The lowest BCUT2D eigenvalue weighted by Gasteiger charge is -2.34. The molecule has 0 atom stereocenters. The van der Waals surface area contributed by atoms with E-state index in [0.717, 1.165) is 66.6 Å². The second kappa shape index (κ2) is 9.23. The van der Waals surface area contributed by atoms with Crippen LogP contribution in [0.5, 0.6) is 0 Å². The third kappa shape index (κ3) is 5.23. The average molecular weight is 433 g/mol.